The summed E-state index contributed by atoms with van der Waals surface area (Å²) in [6.07, 6.45) is 2.25. The molecule has 0 fully saturated rings. The highest BCUT2D eigenvalue weighted by atomic mass is 35.5. The fourth-order valence-electron chi connectivity index (χ4n) is 4.26. The molecule has 1 atom stereocenters. The second-order valence-corrected chi connectivity index (χ2v) is 12.0. The molecule has 2 amide bonds. The first-order chi connectivity index (χ1) is 19.1. The number of nitrogens with zero attached hydrogens (tertiary/aromatic N) is 2. The number of para-hydroxylation sites is 1. The molecule has 0 heterocycles. The van der Waals surface area contributed by atoms with Gasteiger partial charge in [0.05, 0.1) is 10.6 Å². The molecule has 0 aromatic heterocycles. The quantitative estimate of drug-likeness (QED) is 0.240. The summed E-state index contributed by atoms with van der Waals surface area (Å²) in [5.74, 6) is -0.920. The molecule has 0 unspecified atom stereocenters. The maximum atomic E-state index is 14.1. The fourth-order valence-corrected chi connectivity index (χ4v) is 6.25. The van der Waals surface area contributed by atoms with Gasteiger partial charge < -0.3 is 10.2 Å². The molecule has 0 bridgehead atoms. The van der Waals surface area contributed by atoms with Crippen LogP contribution >= 0.6 is 23.2 Å². The molecule has 0 saturated heterocycles. The first kappa shape index (κ1) is 31.5. The van der Waals surface area contributed by atoms with Crippen LogP contribution in [0.5, 0.6) is 0 Å². The Kier molecular flexibility index (Phi) is 11.4. The summed E-state index contributed by atoms with van der Waals surface area (Å²) in [4.78, 5) is 28.5. The van der Waals surface area contributed by atoms with Gasteiger partial charge in [-0.3, -0.25) is 13.9 Å². The lowest BCUT2D eigenvalue weighted by atomic mass is 10.1. The van der Waals surface area contributed by atoms with Crippen molar-refractivity contribution in [3.05, 3.63) is 94.0 Å². The molecule has 10 heteroatoms. The van der Waals surface area contributed by atoms with Gasteiger partial charge in [0.1, 0.15) is 12.6 Å². The minimum atomic E-state index is -4.13. The Morgan fingerprint density at radius 1 is 0.900 bits per heavy atom. The third kappa shape index (κ3) is 7.56. The van der Waals surface area contributed by atoms with E-state index in [-0.39, 0.29) is 17.3 Å². The predicted octanol–water partition coefficient (Wildman–Crippen LogP) is 6.08. The molecule has 214 valence electrons. The third-order valence-corrected chi connectivity index (χ3v) is 9.12. The Morgan fingerprint density at radius 3 is 2.15 bits per heavy atom. The average molecular weight is 605 g/mol. The van der Waals surface area contributed by atoms with Gasteiger partial charge >= 0.3 is 0 Å². The van der Waals surface area contributed by atoms with E-state index in [1.165, 1.54) is 17.0 Å². The van der Waals surface area contributed by atoms with Crippen LogP contribution in [0, 0.1) is 0 Å². The molecule has 3 rings (SSSR count). The van der Waals surface area contributed by atoms with Crippen molar-refractivity contribution in [2.75, 3.05) is 17.4 Å². The monoisotopic (exact) mass is 603 g/mol. The molecule has 3 aromatic carbocycles. The van der Waals surface area contributed by atoms with Crippen molar-refractivity contribution in [2.45, 2.75) is 57.5 Å². The molecule has 40 heavy (non-hydrogen) atoms. The zero-order valence-corrected chi connectivity index (χ0v) is 25.3. The van der Waals surface area contributed by atoms with Gasteiger partial charge in [-0.1, -0.05) is 85.9 Å². The van der Waals surface area contributed by atoms with Crippen molar-refractivity contribution in [1.29, 1.82) is 0 Å². The SMILES string of the molecule is CCCCNC(=O)[C@H](C)N(Cc1c(Cl)cccc1Cl)C(=O)CN(c1ccccc1CC)S(=O)(=O)c1ccccc1. The van der Waals surface area contributed by atoms with Gasteiger partial charge in [0.2, 0.25) is 11.8 Å². The van der Waals surface area contributed by atoms with E-state index in [1.54, 1.807) is 55.5 Å². The molecule has 0 aliphatic carbocycles. The summed E-state index contributed by atoms with van der Waals surface area (Å²) < 4.78 is 29.0. The van der Waals surface area contributed by atoms with Crippen molar-refractivity contribution >= 4 is 50.7 Å². The highest BCUT2D eigenvalue weighted by Crippen LogP contribution is 2.30. The summed E-state index contributed by atoms with van der Waals surface area (Å²) in [7, 11) is -4.13. The average Bonchev–Trinajstić information content (AvgIpc) is 2.95. The molecular formula is C30H35Cl2N3O4S. The summed E-state index contributed by atoms with van der Waals surface area (Å²) in [6.45, 7) is 5.41. The number of rotatable bonds is 13. The highest BCUT2D eigenvalue weighted by Gasteiger charge is 2.33. The van der Waals surface area contributed by atoms with Crippen LogP contribution in [-0.2, 0) is 32.6 Å². The number of benzene rings is 3. The molecule has 7 nitrogen and oxygen atoms in total. The lowest BCUT2D eigenvalue weighted by molar-refractivity contribution is -0.139. The van der Waals surface area contributed by atoms with Gasteiger partial charge in [-0.25, -0.2) is 8.42 Å². The van der Waals surface area contributed by atoms with Crippen molar-refractivity contribution in [3.63, 3.8) is 0 Å². The van der Waals surface area contributed by atoms with Crippen LogP contribution in [0.3, 0.4) is 0 Å². The Hall–Kier alpha value is -3.07. The second kappa shape index (κ2) is 14.5. The largest absolute Gasteiger partial charge is 0.354 e. The van der Waals surface area contributed by atoms with Gasteiger partial charge in [-0.05, 0) is 55.7 Å². The van der Waals surface area contributed by atoms with Crippen LogP contribution in [0.25, 0.3) is 0 Å². The summed E-state index contributed by atoms with van der Waals surface area (Å²) >= 11 is 12.9. The van der Waals surface area contributed by atoms with Gasteiger partial charge in [-0.2, -0.15) is 0 Å². The number of amides is 2. The number of sulfonamides is 1. The Morgan fingerprint density at radius 2 is 1.52 bits per heavy atom. The normalized spacial score (nSPS) is 12.0. The van der Waals surface area contributed by atoms with Gasteiger partial charge in [-0.15, -0.1) is 0 Å². The molecule has 0 saturated carbocycles. The molecule has 1 N–H and O–H groups in total. The lowest BCUT2D eigenvalue weighted by Crippen LogP contribution is -2.51. The minimum absolute atomic E-state index is 0.0553. The van der Waals surface area contributed by atoms with Crippen molar-refractivity contribution in [3.8, 4) is 0 Å². The smallest absolute Gasteiger partial charge is 0.264 e. The van der Waals surface area contributed by atoms with E-state index in [4.69, 9.17) is 23.2 Å². The number of halogens is 2. The van der Waals surface area contributed by atoms with Crippen LogP contribution in [-0.4, -0.2) is 44.3 Å². The van der Waals surface area contributed by atoms with Crippen LogP contribution in [0.2, 0.25) is 10.0 Å². The van der Waals surface area contributed by atoms with Crippen LogP contribution in [0.15, 0.2) is 77.7 Å². The first-order valence-electron chi connectivity index (χ1n) is 13.3. The number of hydrogen-bond donors (Lipinski definition) is 1. The van der Waals surface area contributed by atoms with Crippen LogP contribution in [0.4, 0.5) is 5.69 Å². The van der Waals surface area contributed by atoms with E-state index in [9.17, 15) is 18.0 Å². The zero-order valence-electron chi connectivity index (χ0n) is 22.9. The fraction of sp³-hybridized carbons (Fsp3) is 0.333. The van der Waals surface area contributed by atoms with Gasteiger partial charge in [0.25, 0.3) is 10.0 Å². The standard InChI is InChI=1S/C30H35Cl2N3O4S/c1-4-6-19-33-30(37)22(3)34(20-25-26(31)16-12-17-27(25)32)29(36)21-35(28-18-11-10-13-23(28)5-2)40(38,39)24-14-8-7-9-15-24/h7-18,22H,4-6,19-21H2,1-3H3,(H,33,37)/t22-/m0/s1. The van der Waals surface area contributed by atoms with E-state index < -0.39 is 28.5 Å². The van der Waals surface area contributed by atoms with Gasteiger partial charge in [0.15, 0.2) is 0 Å². The van der Waals surface area contributed by atoms with E-state index in [2.05, 4.69) is 5.32 Å². The van der Waals surface area contributed by atoms with E-state index in [1.807, 2.05) is 26.0 Å². The topological polar surface area (TPSA) is 86.8 Å². The van der Waals surface area contributed by atoms with Crippen molar-refractivity contribution < 1.29 is 18.0 Å². The van der Waals surface area contributed by atoms with E-state index in [0.717, 1.165) is 22.7 Å². The number of carbonyl (C=O) groups is 2. The van der Waals surface area contributed by atoms with Crippen LogP contribution < -0.4 is 9.62 Å². The number of aryl methyl sites for hydroxylation is 1. The summed E-state index contributed by atoms with van der Waals surface area (Å²) in [5, 5.41) is 3.55. The number of carbonyl (C=O) groups excluding carboxylic acids is 2. The minimum Gasteiger partial charge on any atom is -0.354 e. The predicted molar refractivity (Wildman–Crippen MR) is 161 cm³/mol. The molecular weight excluding hydrogens is 569 g/mol. The zero-order chi connectivity index (χ0) is 29.3. The van der Waals surface area contributed by atoms with Crippen molar-refractivity contribution in [2.24, 2.45) is 0 Å². The maximum Gasteiger partial charge on any atom is 0.264 e. The maximum absolute atomic E-state index is 14.1. The molecule has 0 aliphatic rings. The number of nitrogens with one attached hydrogen (secondary N) is 1. The molecule has 0 radical (unpaired) electrons. The van der Waals surface area contributed by atoms with Gasteiger partial charge in [0, 0.05) is 28.7 Å². The Balaban J connectivity index is 2.06. The van der Waals surface area contributed by atoms with Crippen LogP contribution in [0.1, 0.15) is 44.7 Å². The van der Waals surface area contributed by atoms with E-state index >= 15 is 0 Å². The highest BCUT2D eigenvalue weighted by molar-refractivity contribution is 7.92. The summed E-state index contributed by atoms with van der Waals surface area (Å²) in [6, 6.07) is 19.1. The third-order valence-electron chi connectivity index (χ3n) is 6.64. The number of anilines is 1. The number of unbranched alkanes of at least 4 members (excludes halogenated alkanes) is 1. The van der Waals surface area contributed by atoms with Crippen molar-refractivity contribution in [1.82, 2.24) is 10.2 Å². The van der Waals surface area contributed by atoms with E-state index in [0.29, 0.717) is 34.3 Å². The Labute approximate surface area is 247 Å². The first-order valence-corrected chi connectivity index (χ1v) is 15.5. The molecule has 0 spiro atoms. The summed E-state index contributed by atoms with van der Waals surface area (Å²) in [5.41, 5.74) is 1.64. The lowest BCUT2D eigenvalue weighted by Gasteiger charge is -2.33. The molecule has 0 aliphatic heterocycles. The number of hydrogen-bond acceptors (Lipinski definition) is 4. The second-order valence-electron chi connectivity index (χ2n) is 9.35. The molecule has 3 aromatic rings. The Bertz CT molecular complexity index is 1400.